The normalized spacial score (nSPS) is 17.7. The van der Waals surface area contributed by atoms with Crippen molar-refractivity contribution in [2.24, 2.45) is 5.92 Å². The molecule has 0 bridgehead atoms. The Morgan fingerprint density at radius 3 is 2.67 bits per heavy atom. The molecule has 24 heavy (non-hydrogen) atoms. The van der Waals surface area contributed by atoms with E-state index in [1.807, 2.05) is 13.8 Å². The number of amides is 3. The molecule has 1 aromatic carbocycles. The van der Waals surface area contributed by atoms with Crippen LogP contribution in [-0.4, -0.2) is 27.9 Å². The van der Waals surface area contributed by atoms with Crippen LogP contribution in [0.1, 0.15) is 26.0 Å². The van der Waals surface area contributed by atoms with Crippen LogP contribution in [0, 0.1) is 11.7 Å². The lowest BCUT2D eigenvalue weighted by Gasteiger charge is -2.12. The predicted molar refractivity (Wildman–Crippen MR) is 84.2 cm³/mol. The van der Waals surface area contributed by atoms with E-state index in [0.717, 1.165) is 4.90 Å². The maximum atomic E-state index is 13.0. The van der Waals surface area contributed by atoms with Gasteiger partial charge in [0.25, 0.3) is 5.91 Å². The molecule has 0 radical (unpaired) electrons. The summed E-state index contributed by atoms with van der Waals surface area (Å²) in [5, 5.41) is 2.69. The molecule has 0 aliphatic carbocycles. The number of hydrogen-bond donors (Lipinski definition) is 1. The number of benzene rings is 1. The summed E-state index contributed by atoms with van der Waals surface area (Å²) < 4.78 is 18.3. The lowest BCUT2D eigenvalue weighted by molar-refractivity contribution is -0.128. The number of halogens is 1. The zero-order valence-electron chi connectivity index (χ0n) is 13.5. The highest BCUT2D eigenvalue weighted by molar-refractivity contribution is 6.04. The van der Waals surface area contributed by atoms with Crippen molar-refractivity contribution in [1.29, 1.82) is 0 Å². The lowest BCUT2D eigenvalue weighted by Crippen LogP contribution is -2.31. The number of urea groups is 1. The Labute approximate surface area is 138 Å². The molecular weight excluding hydrogens is 313 g/mol. The second-order valence-electron chi connectivity index (χ2n) is 6.21. The van der Waals surface area contributed by atoms with Gasteiger partial charge in [-0.25, -0.2) is 14.2 Å². The van der Waals surface area contributed by atoms with Crippen LogP contribution in [0.5, 0.6) is 0 Å². The maximum Gasteiger partial charge on any atom is 0.325 e. The van der Waals surface area contributed by atoms with Gasteiger partial charge in [-0.15, -0.1) is 0 Å². The molecule has 6 nitrogen and oxygen atoms in total. The van der Waals surface area contributed by atoms with E-state index in [1.54, 1.807) is 12.1 Å². The minimum Gasteiger partial charge on any atom is -0.444 e. The minimum absolute atomic E-state index is 0.0456. The number of carbonyl (C=O) groups excluding carboxylic acids is 2. The fourth-order valence-corrected chi connectivity index (χ4v) is 2.62. The van der Waals surface area contributed by atoms with Crippen LogP contribution >= 0.6 is 0 Å². The van der Waals surface area contributed by atoms with Gasteiger partial charge in [0.05, 0.1) is 12.2 Å². The van der Waals surface area contributed by atoms with E-state index in [-0.39, 0.29) is 18.3 Å². The van der Waals surface area contributed by atoms with Gasteiger partial charge in [-0.1, -0.05) is 13.8 Å². The summed E-state index contributed by atoms with van der Waals surface area (Å²) in [5.74, 6) is 0.0215. The molecular formula is C17H18FN3O3. The van der Waals surface area contributed by atoms with Crippen LogP contribution in [0.15, 0.2) is 34.9 Å². The SMILES string of the molecule is CC(C)CC1NC(=O)N(Cc2coc(-c3ccc(F)cc3)n2)C1=O. The molecule has 3 rings (SSSR count). The monoisotopic (exact) mass is 331 g/mol. The first-order valence-corrected chi connectivity index (χ1v) is 7.76. The van der Waals surface area contributed by atoms with E-state index in [9.17, 15) is 14.0 Å². The summed E-state index contributed by atoms with van der Waals surface area (Å²) in [6, 6.07) is 4.83. The van der Waals surface area contributed by atoms with Gasteiger partial charge in [-0.3, -0.25) is 9.69 Å². The van der Waals surface area contributed by atoms with Crippen molar-refractivity contribution in [2.45, 2.75) is 32.9 Å². The van der Waals surface area contributed by atoms with E-state index in [2.05, 4.69) is 10.3 Å². The average molecular weight is 331 g/mol. The van der Waals surface area contributed by atoms with Crippen molar-refractivity contribution >= 4 is 11.9 Å². The fraction of sp³-hybridized carbons (Fsp3) is 0.353. The van der Waals surface area contributed by atoms with Gasteiger partial charge < -0.3 is 9.73 Å². The van der Waals surface area contributed by atoms with E-state index in [4.69, 9.17) is 4.42 Å². The topological polar surface area (TPSA) is 75.4 Å². The Balaban J connectivity index is 1.71. The van der Waals surface area contributed by atoms with Crippen molar-refractivity contribution in [1.82, 2.24) is 15.2 Å². The van der Waals surface area contributed by atoms with Crippen molar-refractivity contribution in [2.75, 3.05) is 0 Å². The Morgan fingerprint density at radius 2 is 2.00 bits per heavy atom. The molecule has 3 amide bonds. The molecule has 1 fully saturated rings. The van der Waals surface area contributed by atoms with Crippen LogP contribution in [-0.2, 0) is 11.3 Å². The van der Waals surface area contributed by atoms with E-state index >= 15 is 0 Å². The standard InChI is InChI=1S/C17H18FN3O3/c1-10(2)7-14-16(22)21(17(23)20-14)8-13-9-24-15(19-13)11-3-5-12(18)6-4-11/h3-6,9-10,14H,7-8H2,1-2H3,(H,20,23). The third-order valence-electron chi connectivity index (χ3n) is 3.78. The number of oxazole rings is 1. The molecule has 1 atom stereocenters. The first-order valence-electron chi connectivity index (χ1n) is 7.76. The summed E-state index contributed by atoms with van der Waals surface area (Å²) in [7, 11) is 0. The highest BCUT2D eigenvalue weighted by Gasteiger charge is 2.38. The summed E-state index contributed by atoms with van der Waals surface area (Å²) in [4.78, 5) is 29.7. The zero-order chi connectivity index (χ0) is 17.3. The van der Waals surface area contributed by atoms with Crippen LogP contribution in [0.25, 0.3) is 11.5 Å². The first-order chi connectivity index (χ1) is 11.4. The molecule has 2 heterocycles. The predicted octanol–water partition coefficient (Wildman–Crippen LogP) is 2.95. The van der Waals surface area contributed by atoms with Gasteiger partial charge in [-0.2, -0.15) is 0 Å². The zero-order valence-corrected chi connectivity index (χ0v) is 13.5. The van der Waals surface area contributed by atoms with Crippen molar-refractivity contribution in [3.63, 3.8) is 0 Å². The van der Waals surface area contributed by atoms with Crippen molar-refractivity contribution in [3.05, 3.63) is 42.0 Å². The number of nitrogens with zero attached hydrogens (tertiary/aromatic N) is 2. The van der Waals surface area contributed by atoms with Crippen LogP contribution in [0.2, 0.25) is 0 Å². The van der Waals surface area contributed by atoms with E-state index in [0.29, 0.717) is 29.5 Å². The molecule has 1 saturated heterocycles. The average Bonchev–Trinajstić information content (AvgIpc) is 3.09. The number of imide groups is 1. The summed E-state index contributed by atoms with van der Waals surface area (Å²) in [6.45, 7) is 4.04. The third kappa shape index (κ3) is 3.29. The maximum absolute atomic E-state index is 13.0. The van der Waals surface area contributed by atoms with Crippen LogP contribution in [0.3, 0.4) is 0 Å². The number of hydrogen-bond acceptors (Lipinski definition) is 4. The number of nitrogens with one attached hydrogen (secondary N) is 1. The van der Waals surface area contributed by atoms with Crippen molar-refractivity contribution in [3.8, 4) is 11.5 Å². The Kier molecular flexibility index (Phi) is 4.33. The molecule has 0 saturated carbocycles. The third-order valence-corrected chi connectivity index (χ3v) is 3.78. The molecule has 1 unspecified atom stereocenters. The highest BCUT2D eigenvalue weighted by Crippen LogP contribution is 2.21. The number of carbonyl (C=O) groups is 2. The molecule has 7 heteroatoms. The summed E-state index contributed by atoms with van der Waals surface area (Å²) in [5.41, 5.74) is 1.08. The lowest BCUT2D eigenvalue weighted by atomic mass is 10.0. The molecule has 1 N–H and O–H groups in total. The minimum atomic E-state index is -0.485. The van der Waals surface area contributed by atoms with Crippen LogP contribution in [0.4, 0.5) is 9.18 Å². The van der Waals surface area contributed by atoms with Gasteiger partial charge in [0.1, 0.15) is 18.1 Å². The van der Waals surface area contributed by atoms with Gasteiger partial charge in [0.15, 0.2) is 0 Å². The van der Waals surface area contributed by atoms with Crippen molar-refractivity contribution < 1.29 is 18.4 Å². The smallest absolute Gasteiger partial charge is 0.325 e. The van der Waals surface area contributed by atoms with Gasteiger partial charge >= 0.3 is 6.03 Å². The summed E-state index contributed by atoms with van der Waals surface area (Å²) >= 11 is 0. The molecule has 126 valence electrons. The number of aromatic nitrogens is 1. The number of rotatable bonds is 5. The first kappa shape index (κ1) is 16.2. The second-order valence-corrected chi connectivity index (χ2v) is 6.21. The second kappa shape index (κ2) is 6.43. The van der Waals surface area contributed by atoms with Gasteiger partial charge in [0.2, 0.25) is 5.89 Å². The largest absolute Gasteiger partial charge is 0.444 e. The fourth-order valence-electron chi connectivity index (χ4n) is 2.62. The van der Waals surface area contributed by atoms with Gasteiger partial charge in [-0.05, 0) is 36.6 Å². The molecule has 0 spiro atoms. The van der Waals surface area contributed by atoms with E-state index in [1.165, 1.54) is 18.4 Å². The highest BCUT2D eigenvalue weighted by atomic mass is 19.1. The molecule has 2 aromatic rings. The molecule has 1 aliphatic heterocycles. The Bertz CT molecular complexity index is 755. The summed E-state index contributed by atoms with van der Waals surface area (Å²) in [6.07, 6.45) is 2.00. The Hall–Kier alpha value is -2.70. The van der Waals surface area contributed by atoms with Crippen LogP contribution < -0.4 is 5.32 Å². The quantitative estimate of drug-likeness (QED) is 0.855. The van der Waals surface area contributed by atoms with Gasteiger partial charge in [0, 0.05) is 5.56 Å². The Morgan fingerprint density at radius 1 is 1.29 bits per heavy atom. The molecule has 1 aromatic heterocycles. The molecule has 1 aliphatic rings. The van der Waals surface area contributed by atoms with E-state index < -0.39 is 12.1 Å².